The molecule has 0 aliphatic heterocycles. The normalized spacial score (nSPS) is 12.3. The molecule has 0 bridgehead atoms. The minimum Gasteiger partial charge on any atom is -0.493 e. The van der Waals surface area contributed by atoms with Gasteiger partial charge in [0.05, 0.1) is 13.2 Å². The van der Waals surface area contributed by atoms with E-state index in [4.69, 9.17) is 15.2 Å². The van der Waals surface area contributed by atoms with Gasteiger partial charge in [-0.25, -0.2) is 0 Å². The molecule has 0 aromatic heterocycles. The smallest absolute Gasteiger partial charge is 0.237 e. The molecule has 0 unspecified atom stereocenters. The molecule has 1 rings (SSSR count). The lowest BCUT2D eigenvalue weighted by atomic mass is 10.0. The molecular weight excluding hydrogens is 306 g/mol. The zero-order chi connectivity index (χ0) is 18.1. The molecule has 0 saturated carbocycles. The Balaban J connectivity index is 2.59. The second-order valence-electron chi connectivity index (χ2n) is 6.59. The van der Waals surface area contributed by atoms with Crippen molar-refractivity contribution in [2.45, 2.75) is 32.9 Å². The van der Waals surface area contributed by atoms with Crippen molar-refractivity contribution in [3.8, 4) is 11.5 Å². The molecule has 1 atom stereocenters. The van der Waals surface area contributed by atoms with Crippen LogP contribution in [0.1, 0.15) is 25.8 Å². The molecule has 1 aromatic carbocycles. The van der Waals surface area contributed by atoms with Crippen molar-refractivity contribution in [1.82, 2.24) is 10.2 Å². The van der Waals surface area contributed by atoms with E-state index in [-0.39, 0.29) is 5.91 Å². The quantitative estimate of drug-likeness (QED) is 0.678. The average molecular weight is 337 g/mol. The Hall–Kier alpha value is -1.79. The Morgan fingerprint density at radius 1 is 1.29 bits per heavy atom. The largest absolute Gasteiger partial charge is 0.493 e. The Bertz CT molecular complexity index is 518. The highest BCUT2D eigenvalue weighted by atomic mass is 16.5. The third-order valence-electron chi connectivity index (χ3n) is 3.55. The number of likely N-dealkylation sites (N-methyl/N-ethyl adjacent to an activating group) is 1. The molecule has 0 spiro atoms. The van der Waals surface area contributed by atoms with Crippen molar-refractivity contribution in [3.63, 3.8) is 0 Å². The highest BCUT2D eigenvalue weighted by Crippen LogP contribution is 2.28. The second kappa shape index (κ2) is 10.2. The van der Waals surface area contributed by atoms with Gasteiger partial charge in [-0.1, -0.05) is 19.9 Å². The molecule has 0 aliphatic rings. The van der Waals surface area contributed by atoms with Gasteiger partial charge in [0.15, 0.2) is 11.5 Å². The number of methoxy groups -OCH3 is 1. The van der Waals surface area contributed by atoms with Gasteiger partial charge in [0.1, 0.15) is 6.61 Å². The van der Waals surface area contributed by atoms with Crippen LogP contribution < -0.4 is 20.5 Å². The first-order valence-corrected chi connectivity index (χ1v) is 8.31. The first-order valence-electron chi connectivity index (χ1n) is 8.31. The summed E-state index contributed by atoms with van der Waals surface area (Å²) in [4.78, 5) is 14.0. The Morgan fingerprint density at radius 2 is 2.00 bits per heavy atom. The molecule has 24 heavy (non-hydrogen) atoms. The molecule has 1 aromatic rings. The lowest BCUT2D eigenvalue weighted by Gasteiger charge is -2.16. The summed E-state index contributed by atoms with van der Waals surface area (Å²) in [6.07, 6.45) is 0.674. The number of nitrogens with two attached hydrogens (primary N) is 1. The molecule has 6 nitrogen and oxygen atoms in total. The van der Waals surface area contributed by atoms with E-state index in [1.54, 1.807) is 7.11 Å². The van der Waals surface area contributed by atoms with Crippen LogP contribution in [0.3, 0.4) is 0 Å². The van der Waals surface area contributed by atoms with Gasteiger partial charge in [-0.05, 0) is 44.1 Å². The highest BCUT2D eigenvalue weighted by Gasteiger charge is 2.15. The van der Waals surface area contributed by atoms with Gasteiger partial charge < -0.3 is 25.4 Å². The molecule has 1 amide bonds. The third kappa shape index (κ3) is 7.19. The van der Waals surface area contributed by atoms with Crippen LogP contribution >= 0.6 is 0 Å². The fraction of sp³-hybridized carbons (Fsp3) is 0.611. The van der Waals surface area contributed by atoms with Crippen molar-refractivity contribution >= 4 is 5.91 Å². The van der Waals surface area contributed by atoms with E-state index in [1.165, 1.54) is 0 Å². The van der Waals surface area contributed by atoms with E-state index in [2.05, 4.69) is 10.2 Å². The van der Waals surface area contributed by atoms with E-state index in [9.17, 15) is 4.79 Å². The first kappa shape index (κ1) is 20.3. The molecule has 0 heterocycles. The van der Waals surface area contributed by atoms with Gasteiger partial charge in [0, 0.05) is 13.1 Å². The molecule has 0 saturated heterocycles. The van der Waals surface area contributed by atoms with Gasteiger partial charge in [0.25, 0.3) is 0 Å². The minimum atomic E-state index is -0.472. The second-order valence-corrected chi connectivity index (χ2v) is 6.59. The molecule has 136 valence electrons. The summed E-state index contributed by atoms with van der Waals surface area (Å²) in [5.74, 6) is 1.62. The summed E-state index contributed by atoms with van der Waals surface area (Å²) in [5.41, 5.74) is 6.82. The van der Waals surface area contributed by atoms with Crippen LogP contribution in [-0.2, 0) is 11.3 Å². The zero-order valence-corrected chi connectivity index (χ0v) is 15.5. The Labute approximate surface area is 145 Å². The minimum absolute atomic E-state index is 0.131. The molecule has 3 N–H and O–H groups in total. The van der Waals surface area contributed by atoms with E-state index >= 15 is 0 Å². The van der Waals surface area contributed by atoms with Gasteiger partial charge in [0.2, 0.25) is 5.91 Å². The van der Waals surface area contributed by atoms with E-state index in [1.807, 2.05) is 46.1 Å². The fourth-order valence-corrected chi connectivity index (χ4v) is 2.21. The van der Waals surface area contributed by atoms with Crippen LogP contribution in [-0.4, -0.2) is 51.2 Å². The summed E-state index contributed by atoms with van der Waals surface area (Å²) in [6, 6.07) is 5.19. The number of hydrogen-bond acceptors (Lipinski definition) is 5. The van der Waals surface area contributed by atoms with Gasteiger partial charge in [-0.2, -0.15) is 0 Å². The van der Waals surface area contributed by atoms with Gasteiger partial charge in [-0.15, -0.1) is 0 Å². The number of rotatable bonds is 10. The monoisotopic (exact) mass is 337 g/mol. The summed E-state index contributed by atoms with van der Waals surface area (Å²) < 4.78 is 11.1. The average Bonchev–Trinajstić information content (AvgIpc) is 2.52. The summed E-state index contributed by atoms with van der Waals surface area (Å²) in [5, 5.41) is 2.87. The van der Waals surface area contributed by atoms with E-state index in [0.29, 0.717) is 37.0 Å². The van der Waals surface area contributed by atoms with E-state index < -0.39 is 6.04 Å². The maximum atomic E-state index is 12.0. The number of carbonyl (C=O) groups excluding carboxylic acids is 1. The number of carbonyl (C=O) groups is 1. The van der Waals surface area contributed by atoms with Gasteiger partial charge >= 0.3 is 0 Å². The number of benzene rings is 1. The van der Waals surface area contributed by atoms with Crippen molar-refractivity contribution in [1.29, 1.82) is 0 Å². The topological polar surface area (TPSA) is 76.8 Å². The van der Waals surface area contributed by atoms with Crippen LogP contribution in [0.25, 0.3) is 0 Å². The maximum Gasteiger partial charge on any atom is 0.237 e. The maximum absolute atomic E-state index is 12.0. The predicted molar refractivity (Wildman–Crippen MR) is 96.3 cm³/mol. The highest BCUT2D eigenvalue weighted by molar-refractivity contribution is 5.81. The number of hydrogen-bond donors (Lipinski definition) is 2. The Morgan fingerprint density at radius 3 is 2.58 bits per heavy atom. The van der Waals surface area contributed by atoms with E-state index in [0.717, 1.165) is 12.1 Å². The number of nitrogens with one attached hydrogen (secondary N) is 1. The van der Waals surface area contributed by atoms with Crippen molar-refractivity contribution in [3.05, 3.63) is 23.8 Å². The molecule has 0 fully saturated rings. The molecular formula is C18H31N3O3. The van der Waals surface area contributed by atoms with Crippen molar-refractivity contribution < 1.29 is 14.3 Å². The number of ether oxygens (including phenoxy) is 2. The van der Waals surface area contributed by atoms with Crippen LogP contribution in [0.15, 0.2) is 18.2 Å². The van der Waals surface area contributed by atoms with Crippen LogP contribution in [0.4, 0.5) is 0 Å². The lowest BCUT2D eigenvalue weighted by molar-refractivity contribution is -0.122. The number of amides is 1. The number of nitrogens with zero attached hydrogens (tertiary/aromatic N) is 1. The van der Waals surface area contributed by atoms with Gasteiger partial charge in [-0.3, -0.25) is 4.79 Å². The first-order chi connectivity index (χ1) is 11.3. The fourth-order valence-electron chi connectivity index (χ4n) is 2.21. The van der Waals surface area contributed by atoms with Crippen LogP contribution in [0.2, 0.25) is 0 Å². The van der Waals surface area contributed by atoms with Crippen LogP contribution in [0, 0.1) is 5.92 Å². The summed E-state index contributed by atoms with van der Waals surface area (Å²) >= 11 is 0. The third-order valence-corrected chi connectivity index (χ3v) is 3.55. The zero-order valence-electron chi connectivity index (χ0n) is 15.5. The summed E-state index contributed by atoms with van der Waals surface area (Å²) in [6.45, 7) is 5.93. The van der Waals surface area contributed by atoms with Crippen molar-refractivity contribution in [2.24, 2.45) is 11.7 Å². The SMILES string of the molecule is COc1cc(CNC(=O)[C@@H](N)CC(C)C)ccc1OCCN(C)C. The molecule has 0 aliphatic carbocycles. The Kier molecular flexibility index (Phi) is 8.57. The standard InChI is InChI=1S/C18H31N3O3/c1-13(2)10-15(19)18(22)20-12-14-6-7-16(17(11-14)23-5)24-9-8-21(3)4/h6-7,11,13,15H,8-10,12,19H2,1-5H3,(H,20,22)/t15-/m0/s1. The predicted octanol–water partition coefficient (Wildman–Crippen LogP) is 1.63. The summed E-state index contributed by atoms with van der Waals surface area (Å²) in [7, 11) is 5.60. The van der Waals surface area contributed by atoms with Crippen molar-refractivity contribution in [2.75, 3.05) is 34.4 Å². The molecule has 0 radical (unpaired) electrons. The molecule has 6 heteroatoms. The lowest BCUT2D eigenvalue weighted by Crippen LogP contribution is -2.41. The van der Waals surface area contributed by atoms with Crippen LogP contribution in [0.5, 0.6) is 11.5 Å².